The fourth-order valence-corrected chi connectivity index (χ4v) is 2.43. The average molecular weight is 343 g/mol. The van der Waals surface area contributed by atoms with Crippen LogP contribution in [0.25, 0.3) is 6.08 Å². The fourth-order valence-electron chi connectivity index (χ4n) is 2.24. The molecule has 1 aliphatic rings. The van der Waals surface area contributed by atoms with Gasteiger partial charge in [-0.25, -0.2) is 9.79 Å². The van der Waals surface area contributed by atoms with Crippen molar-refractivity contribution in [1.82, 2.24) is 0 Å². The average Bonchev–Trinajstić information content (AvgIpc) is 2.90. The first-order valence-corrected chi connectivity index (χ1v) is 7.36. The number of aliphatic imine (C=N–C) groups is 1. The first-order valence-electron chi connectivity index (χ1n) is 6.98. The molecule has 0 bridgehead atoms. The number of carbonyl (C=O) groups excluding carboxylic acids is 1. The largest absolute Gasteiger partial charge is 0.402 e. The lowest BCUT2D eigenvalue weighted by molar-refractivity contribution is -0.385. The van der Waals surface area contributed by atoms with Gasteiger partial charge in [0.05, 0.1) is 4.92 Å². The van der Waals surface area contributed by atoms with Crippen LogP contribution in [0.3, 0.4) is 0 Å². The SMILES string of the molecule is Cc1ccc([N+](=O)[O-])c(C2=N/C(=C\c3ccccc3Cl)C(=O)O2)c1. The molecule has 0 radical (unpaired) electrons. The van der Waals surface area contributed by atoms with Gasteiger partial charge in [-0.1, -0.05) is 35.9 Å². The molecule has 0 aliphatic carbocycles. The molecule has 0 fully saturated rings. The van der Waals surface area contributed by atoms with E-state index in [1.54, 1.807) is 43.3 Å². The zero-order valence-corrected chi connectivity index (χ0v) is 13.3. The van der Waals surface area contributed by atoms with Crippen molar-refractivity contribution < 1.29 is 14.5 Å². The minimum Gasteiger partial charge on any atom is -0.402 e. The number of hydrogen-bond acceptors (Lipinski definition) is 5. The van der Waals surface area contributed by atoms with E-state index < -0.39 is 10.9 Å². The van der Waals surface area contributed by atoms with Gasteiger partial charge in [0, 0.05) is 11.1 Å². The van der Waals surface area contributed by atoms with Gasteiger partial charge >= 0.3 is 5.97 Å². The number of hydrogen-bond donors (Lipinski definition) is 0. The Morgan fingerprint density at radius 1 is 1.25 bits per heavy atom. The second kappa shape index (κ2) is 6.25. The van der Waals surface area contributed by atoms with Crippen LogP contribution in [0.15, 0.2) is 53.2 Å². The molecular formula is C17H11ClN2O4. The van der Waals surface area contributed by atoms with Crippen LogP contribution in [0.5, 0.6) is 0 Å². The lowest BCUT2D eigenvalue weighted by Crippen LogP contribution is -2.08. The number of rotatable bonds is 3. The molecule has 1 aliphatic heterocycles. The predicted octanol–water partition coefficient (Wildman–Crippen LogP) is 3.90. The van der Waals surface area contributed by atoms with Gasteiger partial charge in [0.25, 0.3) is 5.69 Å². The third-order valence-corrected chi connectivity index (χ3v) is 3.74. The number of halogens is 1. The van der Waals surface area contributed by atoms with Crippen molar-refractivity contribution in [3.05, 3.63) is 80.0 Å². The normalized spacial score (nSPS) is 15.3. The van der Waals surface area contributed by atoms with Crippen LogP contribution in [0.1, 0.15) is 16.7 Å². The van der Waals surface area contributed by atoms with E-state index in [9.17, 15) is 14.9 Å². The third kappa shape index (κ3) is 3.04. The van der Waals surface area contributed by atoms with Crippen molar-refractivity contribution in [2.45, 2.75) is 6.92 Å². The molecule has 0 aromatic heterocycles. The first-order chi connectivity index (χ1) is 11.5. The summed E-state index contributed by atoms with van der Waals surface area (Å²) in [5, 5.41) is 11.6. The third-order valence-electron chi connectivity index (χ3n) is 3.40. The van der Waals surface area contributed by atoms with Crippen LogP contribution in [-0.4, -0.2) is 16.8 Å². The number of nitro benzene ring substituents is 1. The molecule has 2 aromatic carbocycles. The van der Waals surface area contributed by atoms with Crippen LogP contribution in [0.2, 0.25) is 5.02 Å². The lowest BCUT2D eigenvalue weighted by Gasteiger charge is -2.02. The number of nitro groups is 1. The van der Waals surface area contributed by atoms with Crippen LogP contribution >= 0.6 is 11.6 Å². The Hall–Kier alpha value is -2.99. The van der Waals surface area contributed by atoms with E-state index in [0.29, 0.717) is 10.6 Å². The van der Waals surface area contributed by atoms with Crippen molar-refractivity contribution in [1.29, 1.82) is 0 Å². The molecule has 24 heavy (non-hydrogen) atoms. The van der Waals surface area contributed by atoms with Gasteiger partial charge in [-0.05, 0) is 36.3 Å². The van der Waals surface area contributed by atoms with Gasteiger partial charge in [-0.3, -0.25) is 10.1 Å². The molecule has 7 heteroatoms. The van der Waals surface area contributed by atoms with Crippen LogP contribution in [-0.2, 0) is 9.53 Å². The summed E-state index contributed by atoms with van der Waals surface area (Å²) in [5.41, 5.74) is 1.42. The Bertz CT molecular complexity index is 919. The monoisotopic (exact) mass is 342 g/mol. The summed E-state index contributed by atoms with van der Waals surface area (Å²) in [6, 6.07) is 11.5. The molecule has 1 heterocycles. The Morgan fingerprint density at radius 2 is 2.00 bits per heavy atom. The number of ether oxygens (including phenoxy) is 1. The number of cyclic esters (lactones) is 1. The van der Waals surface area contributed by atoms with Crippen LogP contribution in [0.4, 0.5) is 5.69 Å². The van der Waals surface area contributed by atoms with E-state index in [1.165, 1.54) is 12.1 Å². The Balaban J connectivity index is 2.06. The number of aryl methyl sites for hydroxylation is 1. The van der Waals surface area contributed by atoms with E-state index in [-0.39, 0.29) is 22.8 Å². The zero-order valence-electron chi connectivity index (χ0n) is 12.5. The smallest absolute Gasteiger partial charge is 0.363 e. The second-order valence-electron chi connectivity index (χ2n) is 5.14. The van der Waals surface area contributed by atoms with Gasteiger partial charge < -0.3 is 4.74 Å². The second-order valence-corrected chi connectivity index (χ2v) is 5.54. The molecule has 0 N–H and O–H groups in total. The Morgan fingerprint density at radius 3 is 2.71 bits per heavy atom. The highest BCUT2D eigenvalue weighted by atomic mass is 35.5. The molecule has 0 amide bonds. The summed E-state index contributed by atoms with van der Waals surface area (Å²) in [6.07, 6.45) is 1.49. The maximum Gasteiger partial charge on any atom is 0.363 e. The van der Waals surface area contributed by atoms with Crippen molar-refractivity contribution >= 4 is 35.2 Å². The zero-order chi connectivity index (χ0) is 17.3. The molecule has 0 atom stereocenters. The maximum atomic E-state index is 12.0. The summed E-state index contributed by atoms with van der Waals surface area (Å²) >= 11 is 6.06. The molecule has 0 spiro atoms. The summed E-state index contributed by atoms with van der Waals surface area (Å²) in [4.78, 5) is 26.8. The van der Waals surface area contributed by atoms with E-state index in [2.05, 4.69) is 4.99 Å². The number of nitrogens with zero attached hydrogens (tertiary/aromatic N) is 2. The van der Waals surface area contributed by atoms with Gasteiger partial charge in [-0.2, -0.15) is 0 Å². The summed E-state index contributed by atoms with van der Waals surface area (Å²) in [6.45, 7) is 1.78. The molecule has 120 valence electrons. The van der Waals surface area contributed by atoms with Crippen molar-refractivity contribution in [3.63, 3.8) is 0 Å². The van der Waals surface area contributed by atoms with Gasteiger partial charge in [0.15, 0.2) is 5.70 Å². The minimum absolute atomic E-state index is 0.0360. The van der Waals surface area contributed by atoms with E-state index >= 15 is 0 Å². The highest BCUT2D eigenvalue weighted by molar-refractivity contribution is 6.32. The Labute approximate surface area is 142 Å². The molecule has 2 aromatic rings. The number of carbonyl (C=O) groups is 1. The highest BCUT2D eigenvalue weighted by Gasteiger charge is 2.29. The van der Waals surface area contributed by atoms with Crippen molar-refractivity contribution in [2.24, 2.45) is 4.99 Å². The van der Waals surface area contributed by atoms with Crippen molar-refractivity contribution in [2.75, 3.05) is 0 Å². The molecule has 3 rings (SSSR count). The summed E-state index contributed by atoms with van der Waals surface area (Å²) in [5.74, 6) is -0.769. The fraction of sp³-hybridized carbons (Fsp3) is 0.0588. The summed E-state index contributed by atoms with van der Waals surface area (Å²) in [7, 11) is 0. The summed E-state index contributed by atoms with van der Waals surface area (Å²) < 4.78 is 5.11. The van der Waals surface area contributed by atoms with E-state index in [4.69, 9.17) is 16.3 Å². The van der Waals surface area contributed by atoms with Crippen LogP contribution in [0, 0.1) is 17.0 Å². The van der Waals surface area contributed by atoms with E-state index in [0.717, 1.165) is 5.56 Å². The topological polar surface area (TPSA) is 81.8 Å². The minimum atomic E-state index is -0.680. The highest BCUT2D eigenvalue weighted by Crippen LogP contribution is 2.27. The quantitative estimate of drug-likeness (QED) is 0.366. The molecule has 0 unspecified atom stereocenters. The number of benzene rings is 2. The predicted molar refractivity (Wildman–Crippen MR) is 89.9 cm³/mol. The molecule has 6 nitrogen and oxygen atoms in total. The molecule has 0 saturated heterocycles. The van der Waals surface area contributed by atoms with Gasteiger partial charge in [0.2, 0.25) is 5.90 Å². The molecule has 0 saturated carbocycles. The van der Waals surface area contributed by atoms with E-state index in [1.807, 2.05) is 0 Å². The van der Waals surface area contributed by atoms with Crippen LogP contribution < -0.4 is 0 Å². The van der Waals surface area contributed by atoms with Crippen molar-refractivity contribution in [3.8, 4) is 0 Å². The van der Waals surface area contributed by atoms with Gasteiger partial charge in [-0.15, -0.1) is 0 Å². The maximum absolute atomic E-state index is 12.0. The first kappa shape index (κ1) is 15.9. The Kier molecular flexibility index (Phi) is 4.14. The standard InChI is InChI=1S/C17H11ClN2O4/c1-10-6-7-15(20(22)23)12(8-10)16-19-14(17(21)24-16)9-11-4-2-3-5-13(11)18/h2-9H,1H3/b14-9-. The molecular weight excluding hydrogens is 332 g/mol. The lowest BCUT2D eigenvalue weighted by atomic mass is 10.1. The van der Waals surface area contributed by atoms with Gasteiger partial charge in [0.1, 0.15) is 5.56 Å². The number of esters is 1.